The van der Waals surface area contributed by atoms with Crippen LogP contribution in [0.1, 0.15) is 6.92 Å². The van der Waals surface area contributed by atoms with Crippen molar-refractivity contribution in [3.8, 4) is 0 Å². The second kappa shape index (κ2) is 4.89. The Hall–Kier alpha value is -0.180. The fourth-order valence-corrected chi connectivity index (χ4v) is 2.06. The molecule has 70 valence electrons. The first-order valence-electron chi connectivity index (χ1n) is 3.67. The summed E-state index contributed by atoms with van der Waals surface area (Å²) in [5, 5.41) is 1.27. The number of thioether (sulfide) groups is 1. The lowest BCUT2D eigenvalue weighted by Crippen LogP contribution is -1.92. The van der Waals surface area contributed by atoms with Crippen molar-refractivity contribution in [2.75, 3.05) is 5.75 Å². The zero-order valence-corrected chi connectivity index (χ0v) is 9.34. The van der Waals surface area contributed by atoms with E-state index >= 15 is 0 Å². The van der Waals surface area contributed by atoms with Crippen molar-refractivity contribution < 1.29 is 4.79 Å². The molecular formula is C9H8Cl2OS. The van der Waals surface area contributed by atoms with Gasteiger partial charge in [-0.2, -0.15) is 0 Å². The van der Waals surface area contributed by atoms with Crippen LogP contribution >= 0.6 is 35.0 Å². The largest absolute Gasteiger partial charge is 0.299 e. The highest BCUT2D eigenvalue weighted by Crippen LogP contribution is 2.29. The van der Waals surface area contributed by atoms with E-state index in [0.29, 0.717) is 15.8 Å². The minimum absolute atomic E-state index is 0.126. The Balaban J connectivity index is 2.75. The summed E-state index contributed by atoms with van der Waals surface area (Å²) in [7, 11) is 0. The van der Waals surface area contributed by atoms with E-state index in [1.165, 1.54) is 11.8 Å². The summed E-state index contributed by atoms with van der Waals surface area (Å²) in [4.78, 5) is 11.6. The Morgan fingerprint density at radius 2 is 2.15 bits per heavy atom. The Morgan fingerprint density at radius 1 is 1.46 bits per heavy atom. The van der Waals surface area contributed by atoms with Crippen molar-refractivity contribution >= 4 is 40.7 Å². The predicted molar refractivity (Wildman–Crippen MR) is 57.9 cm³/mol. The summed E-state index contributed by atoms with van der Waals surface area (Å²) in [5.41, 5.74) is 0. The maximum atomic E-state index is 10.7. The molecule has 0 spiro atoms. The number of ketones is 1. The highest BCUT2D eigenvalue weighted by Gasteiger charge is 2.03. The summed E-state index contributed by atoms with van der Waals surface area (Å²) >= 11 is 13.1. The lowest BCUT2D eigenvalue weighted by molar-refractivity contribution is -0.114. The lowest BCUT2D eigenvalue weighted by atomic mass is 10.4. The summed E-state index contributed by atoms with van der Waals surface area (Å²) < 4.78 is 0. The Kier molecular flexibility index (Phi) is 4.10. The van der Waals surface area contributed by atoms with Gasteiger partial charge in [0, 0.05) is 9.92 Å². The van der Waals surface area contributed by atoms with E-state index < -0.39 is 0 Å². The number of halogens is 2. The number of rotatable bonds is 3. The summed E-state index contributed by atoms with van der Waals surface area (Å²) in [5.74, 6) is 0.557. The SMILES string of the molecule is CC(=O)CSc1cc(Cl)ccc1Cl. The molecule has 1 aromatic rings. The van der Waals surface area contributed by atoms with Crippen molar-refractivity contribution in [2.45, 2.75) is 11.8 Å². The quantitative estimate of drug-likeness (QED) is 0.743. The van der Waals surface area contributed by atoms with Gasteiger partial charge in [0.05, 0.1) is 10.8 Å². The predicted octanol–water partition coefficient (Wildman–Crippen LogP) is 3.67. The third-order valence-corrected chi connectivity index (χ3v) is 3.20. The van der Waals surface area contributed by atoms with Crippen LogP contribution in [0, 0.1) is 0 Å². The van der Waals surface area contributed by atoms with Crippen molar-refractivity contribution in [2.24, 2.45) is 0 Å². The molecule has 0 aliphatic rings. The summed E-state index contributed by atoms with van der Waals surface area (Å²) in [6, 6.07) is 5.21. The highest BCUT2D eigenvalue weighted by molar-refractivity contribution is 8.00. The van der Waals surface area contributed by atoms with E-state index in [9.17, 15) is 4.79 Å². The molecule has 0 atom stereocenters. The number of carbonyl (C=O) groups is 1. The van der Waals surface area contributed by atoms with Gasteiger partial charge in [0.1, 0.15) is 5.78 Å². The number of hydrogen-bond acceptors (Lipinski definition) is 2. The molecule has 0 saturated heterocycles. The molecule has 13 heavy (non-hydrogen) atoms. The van der Waals surface area contributed by atoms with Crippen molar-refractivity contribution in [1.29, 1.82) is 0 Å². The van der Waals surface area contributed by atoms with Crippen LogP contribution in [0.3, 0.4) is 0 Å². The smallest absolute Gasteiger partial charge is 0.140 e. The standard InChI is InChI=1S/C9H8Cl2OS/c1-6(12)5-13-9-4-7(10)2-3-8(9)11/h2-4H,5H2,1H3. The van der Waals surface area contributed by atoms with Gasteiger partial charge < -0.3 is 0 Å². The normalized spacial score (nSPS) is 10.1. The molecule has 0 amide bonds. The van der Waals surface area contributed by atoms with E-state index in [-0.39, 0.29) is 5.78 Å². The first kappa shape index (κ1) is 10.9. The molecule has 0 bridgehead atoms. The number of benzene rings is 1. The van der Waals surface area contributed by atoms with Crippen LogP contribution < -0.4 is 0 Å². The van der Waals surface area contributed by atoms with Crippen LogP contribution in [-0.2, 0) is 4.79 Å². The number of Topliss-reactive ketones (excluding diaryl/α,β-unsaturated/α-hetero) is 1. The molecule has 0 radical (unpaired) electrons. The Morgan fingerprint density at radius 3 is 2.77 bits per heavy atom. The third-order valence-electron chi connectivity index (χ3n) is 1.32. The molecule has 0 aliphatic heterocycles. The lowest BCUT2D eigenvalue weighted by Gasteiger charge is -2.02. The van der Waals surface area contributed by atoms with E-state index in [4.69, 9.17) is 23.2 Å². The van der Waals surface area contributed by atoms with E-state index in [1.807, 2.05) is 0 Å². The second-order valence-corrected chi connectivity index (χ2v) is 4.43. The molecule has 0 unspecified atom stereocenters. The van der Waals surface area contributed by atoms with Crippen LogP contribution in [0.5, 0.6) is 0 Å². The first-order valence-corrected chi connectivity index (χ1v) is 5.41. The maximum absolute atomic E-state index is 10.7. The Labute approximate surface area is 91.4 Å². The molecule has 0 aliphatic carbocycles. The van der Waals surface area contributed by atoms with Gasteiger partial charge in [0.2, 0.25) is 0 Å². The van der Waals surface area contributed by atoms with E-state index in [0.717, 1.165) is 4.90 Å². The van der Waals surface area contributed by atoms with Crippen LogP contribution in [0.25, 0.3) is 0 Å². The molecule has 1 rings (SSSR count). The molecule has 0 saturated carbocycles. The zero-order valence-electron chi connectivity index (χ0n) is 7.01. The fraction of sp³-hybridized carbons (Fsp3) is 0.222. The molecule has 0 N–H and O–H groups in total. The van der Waals surface area contributed by atoms with Gasteiger partial charge in [0.15, 0.2) is 0 Å². The fourth-order valence-electron chi connectivity index (χ4n) is 0.767. The molecule has 0 fully saturated rings. The molecular weight excluding hydrogens is 227 g/mol. The summed E-state index contributed by atoms with van der Waals surface area (Å²) in [6.07, 6.45) is 0. The highest BCUT2D eigenvalue weighted by atomic mass is 35.5. The van der Waals surface area contributed by atoms with Gasteiger partial charge >= 0.3 is 0 Å². The Bertz CT molecular complexity index is 325. The van der Waals surface area contributed by atoms with Crippen LogP contribution in [0.4, 0.5) is 0 Å². The van der Waals surface area contributed by atoms with Gasteiger partial charge in [-0.15, -0.1) is 11.8 Å². The average Bonchev–Trinajstić information content (AvgIpc) is 2.06. The topological polar surface area (TPSA) is 17.1 Å². The van der Waals surface area contributed by atoms with Crippen LogP contribution in [0.15, 0.2) is 23.1 Å². The molecule has 0 aromatic heterocycles. The summed E-state index contributed by atoms with van der Waals surface area (Å²) in [6.45, 7) is 1.55. The van der Waals surface area contributed by atoms with Crippen LogP contribution in [-0.4, -0.2) is 11.5 Å². The number of hydrogen-bond donors (Lipinski definition) is 0. The third kappa shape index (κ3) is 3.59. The van der Waals surface area contributed by atoms with E-state index in [2.05, 4.69) is 0 Å². The molecule has 1 nitrogen and oxygen atoms in total. The molecule has 1 aromatic carbocycles. The van der Waals surface area contributed by atoms with Crippen molar-refractivity contribution in [1.82, 2.24) is 0 Å². The van der Waals surface area contributed by atoms with Gasteiger partial charge in [-0.25, -0.2) is 0 Å². The van der Waals surface area contributed by atoms with Crippen molar-refractivity contribution in [3.63, 3.8) is 0 Å². The van der Waals surface area contributed by atoms with Crippen LogP contribution in [0.2, 0.25) is 10.0 Å². The average molecular weight is 235 g/mol. The van der Waals surface area contributed by atoms with Gasteiger partial charge in [-0.3, -0.25) is 4.79 Å². The minimum atomic E-state index is 0.126. The second-order valence-electron chi connectivity index (χ2n) is 2.57. The van der Waals surface area contributed by atoms with Crippen molar-refractivity contribution in [3.05, 3.63) is 28.2 Å². The minimum Gasteiger partial charge on any atom is -0.299 e. The van der Waals surface area contributed by atoms with Gasteiger partial charge in [0.25, 0.3) is 0 Å². The zero-order chi connectivity index (χ0) is 9.84. The van der Waals surface area contributed by atoms with E-state index in [1.54, 1.807) is 25.1 Å². The van der Waals surface area contributed by atoms with Gasteiger partial charge in [-0.05, 0) is 25.1 Å². The molecule has 4 heteroatoms. The first-order chi connectivity index (χ1) is 6.09. The van der Waals surface area contributed by atoms with Gasteiger partial charge in [-0.1, -0.05) is 23.2 Å². The molecule has 0 heterocycles. The maximum Gasteiger partial charge on any atom is 0.140 e. The monoisotopic (exact) mass is 234 g/mol. The number of carbonyl (C=O) groups excluding carboxylic acids is 1.